The number of amides is 1. The Morgan fingerprint density at radius 3 is 2.84 bits per heavy atom. The molecule has 1 aromatic heterocycles. The smallest absolute Gasteiger partial charge is 0.261 e. The van der Waals surface area contributed by atoms with Gasteiger partial charge in [0.15, 0.2) is 0 Å². The Balaban J connectivity index is 2.26. The predicted octanol–water partition coefficient (Wildman–Crippen LogP) is 2.36. The van der Waals surface area contributed by atoms with Gasteiger partial charge in [-0.25, -0.2) is 4.98 Å². The van der Waals surface area contributed by atoms with E-state index in [1.165, 1.54) is 13.2 Å². The zero-order valence-corrected chi connectivity index (χ0v) is 10.7. The first kappa shape index (κ1) is 12.9. The lowest BCUT2D eigenvalue weighted by atomic mass is 10.1. The number of methoxy groups -OCH3 is 1. The molecule has 0 radical (unpaired) electrons. The van der Waals surface area contributed by atoms with Gasteiger partial charge in [-0.2, -0.15) is 0 Å². The zero-order valence-electron chi connectivity index (χ0n) is 10.7. The van der Waals surface area contributed by atoms with Gasteiger partial charge in [0.1, 0.15) is 11.3 Å². The topological polar surface area (TPSA) is 71.5 Å². The molecule has 2 rings (SSSR count). The van der Waals surface area contributed by atoms with Crippen LogP contribution in [0.3, 0.4) is 0 Å². The molecule has 0 aliphatic carbocycles. The van der Waals surface area contributed by atoms with E-state index in [1.807, 2.05) is 0 Å². The molecular formula is C14H14N2O3. The van der Waals surface area contributed by atoms with Crippen molar-refractivity contribution in [1.82, 2.24) is 4.98 Å². The maximum atomic E-state index is 12.1. The van der Waals surface area contributed by atoms with Gasteiger partial charge in [0.05, 0.1) is 7.11 Å². The molecule has 1 aromatic carbocycles. The molecule has 2 aromatic rings. The van der Waals surface area contributed by atoms with Crippen molar-refractivity contribution >= 4 is 11.6 Å². The van der Waals surface area contributed by atoms with Crippen molar-refractivity contribution < 1.29 is 14.6 Å². The third kappa shape index (κ3) is 2.82. The molecule has 0 aliphatic rings. The molecule has 0 spiro atoms. The molecule has 0 aliphatic heterocycles. The maximum Gasteiger partial charge on any atom is 0.261 e. The van der Waals surface area contributed by atoms with Crippen molar-refractivity contribution in [3.63, 3.8) is 0 Å². The predicted molar refractivity (Wildman–Crippen MR) is 71.6 cm³/mol. The Bertz CT molecular complexity index is 611. The van der Waals surface area contributed by atoms with E-state index in [1.54, 1.807) is 37.4 Å². The third-order valence-corrected chi connectivity index (χ3v) is 2.67. The van der Waals surface area contributed by atoms with Gasteiger partial charge >= 0.3 is 0 Å². The molecular weight excluding hydrogens is 244 g/mol. The summed E-state index contributed by atoms with van der Waals surface area (Å²) in [6, 6.07) is 8.04. The van der Waals surface area contributed by atoms with E-state index in [0.29, 0.717) is 11.3 Å². The number of aryl methyl sites for hydroxylation is 1. The highest BCUT2D eigenvalue weighted by Gasteiger charge is 2.13. The highest BCUT2D eigenvalue weighted by molar-refractivity contribution is 6.06. The number of nitrogens with zero attached hydrogens (tertiary/aromatic N) is 1. The summed E-state index contributed by atoms with van der Waals surface area (Å²) in [6.45, 7) is 1.80. The Kier molecular flexibility index (Phi) is 3.66. The number of pyridine rings is 1. The van der Waals surface area contributed by atoms with Crippen LogP contribution >= 0.6 is 0 Å². The molecule has 0 atom stereocenters. The Morgan fingerprint density at radius 2 is 2.16 bits per heavy atom. The molecule has 2 N–H and O–H groups in total. The van der Waals surface area contributed by atoms with Gasteiger partial charge in [-0.05, 0) is 42.8 Å². The number of aromatic hydroxyl groups is 1. The van der Waals surface area contributed by atoms with Crippen LogP contribution in [-0.4, -0.2) is 23.1 Å². The molecule has 19 heavy (non-hydrogen) atoms. The molecule has 1 heterocycles. The van der Waals surface area contributed by atoms with E-state index < -0.39 is 0 Å². The second-order valence-electron chi connectivity index (χ2n) is 4.01. The van der Waals surface area contributed by atoms with Crippen molar-refractivity contribution in [2.75, 3.05) is 12.4 Å². The minimum Gasteiger partial charge on any atom is -0.508 e. The SMILES string of the molecule is COc1ncccc1C(=O)Nc1ccc(O)cc1C. The number of nitrogens with one attached hydrogen (secondary N) is 1. The molecule has 5 heteroatoms. The van der Waals surface area contributed by atoms with E-state index in [4.69, 9.17) is 4.74 Å². The summed E-state index contributed by atoms with van der Waals surface area (Å²) in [6.07, 6.45) is 1.56. The monoisotopic (exact) mass is 258 g/mol. The quantitative estimate of drug-likeness (QED) is 0.829. The fourth-order valence-electron chi connectivity index (χ4n) is 1.70. The van der Waals surface area contributed by atoms with Crippen LogP contribution in [0, 0.1) is 6.92 Å². The van der Waals surface area contributed by atoms with Crippen LogP contribution in [-0.2, 0) is 0 Å². The first-order valence-electron chi connectivity index (χ1n) is 5.72. The second-order valence-corrected chi connectivity index (χ2v) is 4.01. The lowest BCUT2D eigenvalue weighted by Gasteiger charge is -2.10. The van der Waals surface area contributed by atoms with E-state index in [-0.39, 0.29) is 17.5 Å². The summed E-state index contributed by atoms with van der Waals surface area (Å²) in [5.74, 6) is 0.129. The van der Waals surface area contributed by atoms with Crippen LogP contribution < -0.4 is 10.1 Å². The lowest BCUT2D eigenvalue weighted by molar-refractivity contribution is 0.102. The number of phenols is 1. The van der Waals surface area contributed by atoms with E-state index in [0.717, 1.165) is 5.56 Å². The largest absolute Gasteiger partial charge is 0.508 e. The molecule has 0 fully saturated rings. The number of carbonyl (C=O) groups excluding carboxylic acids is 1. The summed E-state index contributed by atoms with van der Waals surface area (Å²) in [5.41, 5.74) is 1.77. The van der Waals surface area contributed by atoms with E-state index in [2.05, 4.69) is 10.3 Å². The molecule has 5 nitrogen and oxygen atoms in total. The summed E-state index contributed by atoms with van der Waals surface area (Å²) in [4.78, 5) is 16.1. The average molecular weight is 258 g/mol. The number of ether oxygens (including phenoxy) is 1. The molecule has 0 bridgehead atoms. The molecule has 0 unspecified atom stereocenters. The zero-order chi connectivity index (χ0) is 13.8. The first-order valence-corrected chi connectivity index (χ1v) is 5.72. The fourth-order valence-corrected chi connectivity index (χ4v) is 1.70. The Morgan fingerprint density at radius 1 is 1.37 bits per heavy atom. The normalized spacial score (nSPS) is 10.0. The van der Waals surface area contributed by atoms with Crippen molar-refractivity contribution in [2.24, 2.45) is 0 Å². The van der Waals surface area contributed by atoms with Crippen LogP contribution in [0.1, 0.15) is 15.9 Å². The van der Waals surface area contributed by atoms with Gasteiger partial charge in [0, 0.05) is 11.9 Å². The van der Waals surface area contributed by atoms with Crippen LogP contribution in [0.25, 0.3) is 0 Å². The van der Waals surface area contributed by atoms with Gasteiger partial charge < -0.3 is 15.2 Å². The van der Waals surface area contributed by atoms with Crippen LogP contribution in [0.4, 0.5) is 5.69 Å². The number of phenolic OH excluding ortho intramolecular Hbond substituents is 1. The second kappa shape index (κ2) is 5.39. The highest BCUT2D eigenvalue weighted by atomic mass is 16.5. The summed E-state index contributed by atoms with van der Waals surface area (Å²) >= 11 is 0. The van der Waals surface area contributed by atoms with Crippen LogP contribution in [0.5, 0.6) is 11.6 Å². The minimum atomic E-state index is -0.307. The number of carbonyl (C=O) groups is 1. The molecule has 1 amide bonds. The van der Waals surface area contributed by atoms with Crippen molar-refractivity contribution in [2.45, 2.75) is 6.92 Å². The Hall–Kier alpha value is -2.56. The Labute approximate surface area is 110 Å². The number of rotatable bonds is 3. The molecule has 0 saturated heterocycles. The lowest BCUT2D eigenvalue weighted by Crippen LogP contribution is -2.14. The fraction of sp³-hybridized carbons (Fsp3) is 0.143. The first-order chi connectivity index (χ1) is 9.11. The minimum absolute atomic E-state index is 0.162. The summed E-state index contributed by atoms with van der Waals surface area (Å²) in [5, 5.41) is 12.1. The van der Waals surface area contributed by atoms with Crippen LogP contribution in [0.15, 0.2) is 36.5 Å². The van der Waals surface area contributed by atoms with Gasteiger partial charge in [-0.1, -0.05) is 0 Å². The van der Waals surface area contributed by atoms with Crippen molar-refractivity contribution in [1.29, 1.82) is 0 Å². The summed E-state index contributed by atoms with van der Waals surface area (Å²) in [7, 11) is 1.46. The molecule has 0 saturated carbocycles. The average Bonchev–Trinajstić information content (AvgIpc) is 2.41. The van der Waals surface area contributed by atoms with E-state index in [9.17, 15) is 9.90 Å². The van der Waals surface area contributed by atoms with Gasteiger partial charge in [-0.3, -0.25) is 4.79 Å². The number of aromatic nitrogens is 1. The number of anilines is 1. The third-order valence-electron chi connectivity index (χ3n) is 2.67. The number of benzene rings is 1. The van der Waals surface area contributed by atoms with Gasteiger partial charge in [-0.15, -0.1) is 0 Å². The van der Waals surface area contributed by atoms with Crippen molar-refractivity contribution in [3.05, 3.63) is 47.7 Å². The molecule has 98 valence electrons. The standard InChI is InChI=1S/C14H14N2O3/c1-9-8-10(17)5-6-12(9)16-13(18)11-4-3-7-15-14(11)19-2/h3-8,17H,1-2H3,(H,16,18). The van der Waals surface area contributed by atoms with Gasteiger partial charge in [0.2, 0.25) is 5.88 Å². The van der Waals surface area contributed by atoms with Crippen molar-refractivity contribution in [3.8, 4) is 11.6 Å². The summed E-state index contributed by atoms with van der Waals surface area (Å²) < 4.78 is 5.04. The van der Waals surface area contributed by atoms with Gasteiger partial charge in [0.25, 0.3) is 5.91 Å². The highest BCUT2D eigenvalue weighted by Crippen LogP contribution is 2.22. The maximum absolute atomic E-state index is 12.1. The van der Waals surface area contributed by atoms with Crippen LogP contribution in [0.2, 0.25) is 0 Å². The number of hydrogen-bond acceptors (Lipinski definition) is 4. The number of hydrogen-bond donors (Lipinski definition) is 2. The van der Waals surface area contributed by atoms with E-state index >= 15 is 0 Å².